The second-order valence-corrected chi connectivity index (χ2v) is 10.0. The first kappa shape index (κ1) is 17.4. The predicted molar refractivity (Wildman–Crippen MR) is 109 cm³/mol. The van der Waals surface area contributed by atoms with Gasteiger partial charge in [0.25, 0.3) is 0 Å². The van der Waals surface area contributed by atoms with Crippen LogP contribution in [0, 0.1) is 34.5 Å². The Labute approximate surface area is 163 Å². The van der Waals surface area contributed by atoms with E-state index in [0.29, 0.717) is 11.7 Å². The van der Waals surface area contributed by atoms with E-state index in [2.05, 4.69) is 44.0 Å². The van der Waals surface area contributed by atoms with Crippen LogP contribution in [0.1, 0.15) is 64.9 Å². The van der Waals surface area contributed by atoms with Gasteiger partial charge in [-0.1, -0.05) is 38.5 Å². The molecule has 2 nitrogen and oxygen atoms in total. The molecular formula is C25H31NO. The van der Waals surface area contributed by atoms with Crippen molar-refractivity contribution in [2.75, 3.05) is 0 Å². The summed E-state index contributed by atoms with van der Waals surface area (Å²) in [5, 5.41) is 0. The van der Waals surface area contributed by atoms with Crippen LogP contribution in [0.5, 0.6) is 0 Å². The summed E-state index contributed by atoms with van der Waals surface area (Å²) in [4.78, 5) is 16.5. The second-order valence-electron chi connectivity index (χ2n) is 10.0. The molecule has 6 atom stereocenters. The molecule has 0 N–H and O–H groups in total. The molecule has 1 aromatic heterocycles. The summed E-state index contributed by atoms with van der Waals surface area (Å²) in [5.74, 6) is 3.16. The first-order chi connectivity index (χ1) is 12.9. The Morgan fingerprint density at radius 3 is 2.78 bits per heavy atom. The quantitative estimate of drug-likeness (QED) is 0.628. The van der Waals surface area contributed by atoms with Crippen LogP contribution in [0.2, 0.25) is 0 Å². The van der Waals surface area contributed by atoms with Crippen molar-refractivity contribution in [1.82, 2.24) is 4.98 Å². The lowest BCUT2D eigenvalue weighted by atomic mass is 9.45. The van der Waals surface area contributed by atoms with E-state index in [1.165, 1.54) is 42.4 Å². The van der Waals surface area contributed by atoms with Crippen LogP contribution in [0.3, 0.4) is 0 Å². The van der Waals surface area contributed by atoms with Crippen molar-refractivity contribution in [2.45, 2.75) is 59.3 Å². The fourth-order valence-electron chi connectivity index (χ4n) is 7.52. The van der Waals surface area contributed by atoms with E-state index in [9.17, 15) is 4.79 Å². The number of carbonyl (C=O) groups is 1. The van der Waals surface area contributed by atoms with Gasteiger partial charge in [0.1, 0.15) is 0 Å². The topological polar surface area (TPSA) is 30.0 Å². The van der Waals surface area contributed by atoms with Crippen LogP contribution >= 0.6 is 0 Å². The first-order valence-electron chi connectivity index (χ1n) is 10.8. The Bertz CT molecular complexity index is 837. The number of aromatic nitrogens is 1. The van der Waals surface area contributed by atoms with Crippen LogP contribution in [0.25, 0.3) is 5.57 Å². The number of allylic oxidation sites excluding steroid dienone is 4. The Morgan fingerprint density at radius 2 is 2.00 bits per heavy atom. The van der Waals surface area contributed by atoms with Gasteiger partial charge < -0.3 is 0 Å². The van der Waals surface area contributed by atoms with Gasteiger partial charge in [0.15, 0.2) is 5.78 Å². The highest BCUT2D eigenvalue weighted by Gasteiger charge is 2.58. The maximum atomic E-state index is 12.1. The minimum Gasteiger partial charge on any atom is -0.295 e. The summed E-state index contributed by atoms with van der Waals surface area (Å²) in [6.45, 7) is 7.36. The molecule has 2 heteroatoms. The SMILES string of the molecule is CC1CC2C3CC=C(c4cccnc4)C3(C)CCC2C2(C)CCC(=O)C=C12. The molecule has 0 amide bonds. The van der Waals surface area contributed by atoms with Crippen molar-refractivity contribution >= 4 is 11.4 Å². The van der Waals surface area contributed by atoms with E-state index < -0.39 is 0 Å². The Kier molecular flexibility index (Phi) is 3.80. The maximum Gasteiger partial charge on any atom is 0.155 e. The van der Waals surface area contributed by atoms with Crippen molar-refractivity contribution in [3.8, 4) is 0 Å². The van der Waals surface area contributed by atoms with E-state index in [-0.39, 0.29) is 10.8 Å². The predicted octanol–water partition coefficient (Wildman–Crippen LogP) is 5.85. The van der Waals surface area contributed by atoms with Gasteiger partial charge in [-0.15, -0.1) is 0 Å². The smallest absolute Gasteiger partial charge is 0.155 e. The lowest BCUT2D eigenvalue weighted by Gasteiger charge is -2.59. The number of hydrogen-bond donors (Lipinski definition) is 0. The first-order valence-corrected chi connectivity index (χ1v) is 10.8. The largest absolute Gasteiger partial charge is 0.295 e. The maximum absolute atomic E-state index is 12.1. The molecule has 0 radical (unpaired) electrons. The molecule has 2 fully saturated rings. The van der Waals surface area contributed by atoms with Gasteiger partial charge in [0.2, 0.25) is 0 Å². The highest BCUT2D eigenvalue weighted by molar-refractivity contribution is 5.91. The number of hydrogen-bond acceptors (Lipinski definition) is 2. The van der Waals surface area contributed by atoms with Crippen molar-refractivity contribution in [2.24, 2.45) is 34.5 Å². The Morgan fingerprint density at radius 1 is 1.15 bits per heavy atom. The lowest BCUT2D eigenvalue weighted by molar-refractivity contribution is -0.117. The normalized spacial score (nSPS) is 43.3. The zero-order valence-electron chi connectivity index (χ0n) is 16.9. The molecule has 0 spiro atoms. The number of nitrogens with zero attached hydrogens (tertiary/aromatic N) is 1. The van der Waals surface area contributed by atoms with Gasteiger partial charge in [0.05, 0.1) is 0 Å². The van der Waals surface area contributed by atoms with Crippen LogP contribution in [-0.4, -0.2) is 10.8 Å². The van der Waals surface area contributed by atoms with E-state index in [4.69, 9.17) is 0 Å². The van der Waals surface area contributed by atoms with E-state index in [1.807, 2.05) is 18.5 Å². The average molecular weight is 362 g/mol. The van der Waals surface area contributed by atoms with Crippen molar-refractivity contribution in [1.29, 1.82) is 0 Å². The summed E-state index contributed by atoms with van der Waals surface area (Å²) >= 11 is 0. The van der Waals surface area contributed by atoms with Gasteiger partial charge in [-0.05, 0) is 89.9 Å². The number of pyridine rings is 1. The molecule has 2 saturated carbocycles. The van der Waals surface area contributed by atoms with Gasteiger partial charge >= 0.3 is 0 Å². The summed E-state index contributed by atoms with van der Waals surface area (Å²) in [5.41, 5.74) is 4.86. The molecule has 0 bridgehead atoms. The number of carbonyl (C=O) groups excluding carboxylic acids is 1. The van der Waals surface area contributed by atoms with E-state index >= 15 is 0 Å². The Hall–Kier alpha value is -1.70. The molecule has 1 heterocycles. The molecular weight excluding hydrogens is 330 g/mol. The summed E-state index contributed by atoms with van der Waals surface area (Å²) < 4.78 is 0. The molecule has 0 aromatic carbocycles. The highest BCUT2D eigenvalue weighted by Crippen LogP contribution is 2.67. The molecule has 4 aliphatic rings. The molecule has 6 unspecified atom stereocenters. The summed E-state index contributed by atoms with van der Waals surface area (Å²) in [6.07, 6.45) is 15.3. The number of rotatable bonds is 1. The fourth-order valence-corrected chi connectivity index (χ4v) is 7.52. The van der Waals surface area contributed by atoms with Crippen molar-refractivity contribution in [3.63, 3.8) is 0 Å². The minimum atomic E-state index is 0.245. The molecule has 1 aromatic rings. The highest BCUT2D eigenvalue weighted by atomic mass is 16.1. The third-order valence-corrected chi connectivity index (χ3v) is 8.83. The molecule has 4 aliphatic carbocycles. The average Bonchev–Trinajstić information content (AvgIpc) is 3.01. The third kappa shape index (κ3) is 2.38. The summed E-state index contributed by atoms with van der Waals surface area (Å²) in [6, 6.07) is 4.30. The summed E-state index contributed by atoms with van der Waals surface area (Å²) in [7, 11) is 0. The van der Waals surface area contributed by atoms with Gasteiger partial charge in [-0.3, -0.25) is 9.78 Å². The van der Waals surface area contributed by atoms with Crippen LogP contribution in [0.15, 0.2) is 42.3 Å². The minimum absolute atomic E-state index is 0.245. The van der Waals surface area contributed by atoms with Crippen LogP contribution < -0.4 is 0 Å². The number of ketones is 1. The molecule has 5 rings (SSSR count). The van der Waals surface area contributed by atoms with Crippen LogP contribution in [0.4, 0.5) is 0 Å². The zero-order chi connectivity index (χ0) is 18.8. The van der Waals surface area contributed by atoms with Crippen LogP contribution in [-0.2, 0) is 4.79 Å². The number of fused-ring (bicyclic) bond motifs is 5. The lowest BCUT2D eigenvalue weighted by Crippen LogP contribution is -2.51. The standard InChI is InChI=1S/C25H31NO/c1-16-13-19-21-7-6-20(17-5-4-12-26-15-17)24(21,2)11-9-22(19)25(3)10-8-18(27)14-23(16)25/h4-6,12,14-16,19,21-22H,7-11,13H2,1-3H3. The molecule has 0 aliphatic heterocycles. The van der Waals surface area contributed by atoms with E-state index in [1.54, 1.807) is 0 Å². The molecule has 142 valence electrons. The second kappa shape index (κ2) is 5.90. The monoisotopic (exact) mass is 361 g/mol. The third-order valence-electron chi connectivity index (χ3n) is 8.83. The van der Waals surface area contributed by atoms with Gasteiger partial charge in [-0.25, -0.2) is 0 Å². The Balaban J connectivity index is 1.51. The van der Waals surface area contributed by atoms with E-state index in [0.717, 1.165) is 30.6 Å². The zero-order valence-corrected chi connectivity index (χ0v) is 16.9. The fraction of sp³-hybridized carbons (Fsp3) is 0.600. The van der Waals surface area contributed by atoms with Gasteiger partial charge in [0, 0.05) is 18.8 Å². The van der Waals surface area contributed by atoms with Gasteiger partial charge in [-0.2, -0.15) is 0 Å². The van der Waals surface area contributed by atoms with Crippen molar-refractivity contribution < 1.29 is 4.79 Å². The molecule has 27 heavy (non-hydrogen) atoms. The molecule has 0 saturated heterocycles. The van der Waals surface area contributed by atoms with Crippen molar-refractivity contribution in [3.05, 3.63) is 47.8 Å².